The molecule has 17 heavy (non-hydrogen) atoms. The number of halogens is 1. The maximum atomic E-state index is 12.7. The second-order valence-electron chi connectivity index (χ2n) is 5.03. The lowest BCUT2D eigenvalue weighted by Gasteiger charge is -2.37. The standard InChI is InChI=1S/C14H20FNO/c15-9-11-4-5-13(17)12(8-11)14(10-16)6-2-1-3-7-14/h4-5,8,17H,1-3,6-7,9-10,16H2. The van der Waals surface area contributed by atoms with E-state index in [1.54, 1.807) is 18.2 Å². The summed E-state index contributed by atoms with van der Waals surface area (Å²) in [6.45, 7) is 0.0320. The summed E-state index contributed by atoms with van der Waals surface area (Å²) in [7, 11) is 0. The van der Waals surface area contributed by atoms with Crippen LogP contribution in [0.2, 0.25) is 0 Å². The van der Waals surface area contributed by atoms with Gasteiger partial charge in [-0.05, 0) is 30.5 Å². The summed E-state index contributed by atoms with van der Waals surface area (Å²) in [6.07, 6.45) is 5.48. The van der Waals surface area contributed by atoms with Crippen molar-refractivity contribution in [2.24, 2.45) is 5.73 Å². The molecule has 0 radical (unpaired) electrons. The average molecular weight is 237 g/mol. The molecule has 1 aliphatic carbocycles. The smallest absolute Gasteiger partial charge is 0.119 e. The number of hydrogen-bond acceptors (Lipinski definition) is 2. The van der Waals surface area contributed by atoms with Crippen LogP contribution in [0.1, 0.15) is 43.2 Å². The van der Waals surface area contributed by atoms with Crippen LogP contribution in [0.4, 0.5) is 4.39 Å². The Bertz CT molecular complexity index is 386. The summed E-state index contributed by atoms with van der Waals surface area (Å²) < 4.78 is 12.7. The number of aromatic hydroxyl groups is 1. The number of hydrogen-bond donors (Lipinski definition) is 2. The monoisotopic (exact) mass is 237 g/mol. The van der Waals surface area contributed by atoms with Gasteiger partial charge in [0.1, 0.15) is 12.4 Å². The molecule has 0 spiro atoms. The molecule has 0 atom stereocenters. The summed E-state index contributed by atoms with van der Waals surface area (Å²) in [5, 5.41) is 10.0. The minimum Gasteiger partial charge on any atom is -0.508 e. The number of phenolic OH excluding ortho intramolecular Hbond substituents is 1. The highest BCUT2D eigenvalue weighted by Crippen LogP contribution is 2.42. The highest BCUT2D eigenvalue weighted by molar-refractivity contribution is 5.42. The van der Waals surface area contributed by atoms with Gasteiger partial charge in [0.05, 0.1) is 0 Å². The first-order valence-corrected chi connectivity index (χ1v) is 6.30. The van der Waals surface area contributed by atoms with Crippen LogP contribution in [0.3, 0.4) is 0 Å². The highest BCUT2D eigenvalue weighted by Gasteiger charge is 2.34. The molecule has 0 aliphatic heterocycles. The van der Waals surface area contributed by atoms with E-state index in [2.05, 4.69) is 0 Å². The molecule has 3 N–H and O–H groups in total. The molecule has 1 aliphatic rings. The fraction of sp³-hybridized carbons (Fsp3) is 0.571. The van der Waals surface area contributed by atoms with Crippen molar-refractivity contribution in [3.8, 4) is 5.75 Å². The van der Waals surface area contributed by atoms with Crippen LogP contribution in [-0.2, 0) is 12.1 Å². The van der Waals surface area contributed by atoms with Crippen molar-refractivity contribution >= 4 is 0 Å². The summed E-state index contributed by atoms with van der Waals surface area (Å²) in [5.74, 6) is 0.259. The maximum Gasteiger partial charge on any atom is 0.119 e. The molecule has 0 unspecified atom stereocenters. The zero-order valence-corrected chi connectivity index (χ0v) is 10.1. The van der Waals surface area contributed by atoms with Crippen molar-refractivity contribution < 1.29 is 9.50 Å². The summed E-state index contributed by atoms with van der Waals surface area (Å²) in [5.41, 5.74) is 7.24. The first kappa shape index (κ1) is 12.4. The molecular weight excluding hydrogens is 217 g/mol. The Balaban J connectivity index is 2.41. The molecule has 0 heterocycles. The lowest BCUT2D eigenvalue weighted by Crippen LogP contribution is -2.37. The van der Waals surface area contributed by atoms with Gasteiger partial charge in [-0.25, -0.2) is 4.39 Å². The third kappa shape index (κ3) is 2.29. The first-order valence-electron chi connectivity index (χ1n) is 6.30. The van der Waals surface area contributed by atoms with Crippen LogP contribution in [-0.4, -0.2) is 11.7 Å². The largest absolute Gasteiger partial charge is 0.508 e. The minimum absolute atomic E-state index is 0.145. The quantitative estimate of drug-likeness (QED) is 0.848. The molecule has 0 bridgehead atoms. The number of rotatable bonds is 3. The molecule has 1 fully saturated rings. The van der Waals surface area contributed by atoms with Gasteiger partial charge in [-0.15, -0.1) is 0 Å². The van der Waals surface area contributed by atoms with Gasteiger partial charge in [0, 0.05) is 17.5 Å². The van der Waals surface area contributed by atoms with Gasteiger partial charge < -0.3 is 10.8 Å². The van der Waals surface area contributed by atoms with Crippen LogP contribution in [0.5, 0.6) is 5.75 Å². The lowest BCUT2D eigenvalue weighted by atomic mass is 9.69. The normalized spacial score (nSPS) is 19.2. The van der Waals surface area contributed by atoms with Gasteiger partial charge in [0.25, 0.3) is 0 Å². The molecule has 94 valence electrons. The van der Waals surface area contributed by atoms with Crippen molar-refractivity contribution in [3.05, 3.63) is 29.3 Å². The minimum atomic E-state index is -0.492. The first-order chi connectivity index (χ1) is 8.22. The van der Waals surface area contributed by atoms with Crippen LogP contribution in [0, 0.1) is 0 Å². The second-order valence-corrected chi connectivity index (χ2v) is 5.03. The Kier molecular flexibility index (Phi) is 3.67. The molecule has 2 rings (SSSR count). The van der Waals surface area contributed by atoms with E-state index in [-0.39, 0.29) is 11.2 Å². The van der Waals surface area contributed by atoms with E-state index in [0.29, 0.717) is 12.1 Å². The molecule has 3 heteroatoms. The second kappa shape index (κ2) is 5.05. The molecule has 2 nitrogen and oxygen atoms in total. The third-order valence-corrected chi connectivity index (χ3v) is 3.99. The van der Waals surface area contributed by atoms with Crippen LogP contribution in [0.15, 0.2) is 18.2 Å². The zero-order chi connectivity index (χ0) is 12.3. The molecule has 1 aromatic rings. The van der Waals surface area contributed by atoms with E-state index in [0.717, 1.165) is 31.2 Å². The molecule has 0 saturated heterocycles. The predicted molar refractivity (Wildman–Crippen MR) is 66.7 cm³/mol. The Morgan fingerprint density at radius 2 is 1.94 bits per heavy atom. The fourth-order valence-corrected chi connectivity index (χ4v) is 2.90. The molecular formula is C14H20FNO. The van der Waals surface area contributed by atoms with Crippen LogP contribution < -0.4 is 5.73 Å². The summed E-state index contributed by atoms with van der Waals surface area (Å²) in [4.78, 5) is 0. The van der Waals surface area contributed by atoms with E-state index in [4.69, 9.17) is 5.73 Å². The topological polar surface area (TPSA) is 46.2 Å². The molecule has 1 saturated carbocycles. The van der Waals surface area contributed by atoms with E-state index < -0.39 is 6.67 Å². The zero-order valence-electron chi connectivity index (χ0n) is 10.1. The van der Waals surface area contributed by atoms with E-state index in [1.807, 2.05) is 0 Å². The Hall–Kier alpha value is -1.09. The van der Waals surface area contributed by atoms with Gasteiger partial charge in [-0.2, -0.15) is 0 Å². The Labute approximate surface area is 102 Å². The van der Waals surface area contributed by atoms with Crippen molar-refractivity contribution in [1.82, 2.24) is 0 Å². The van der Waals surface area contributed by atoms with Gasteiger partial charge in [0.2, 0.25) is 0 Å². The fourth-order valence-electron chi connectivity index (χ4n) is 2.90. The van der Waals surface area contributed by atoms with E-state index >= 15 is 0 Å². The number of phenols is 1. The Morgan fingerprint density at radius 3 is 2.53 bits per heavy atom. The SMILES string of the molecule is NCC1(c2cc(CF)ccc2O)CCCCC1. The number of alkyl halides is 1. The van der Waals surface area contributed by atoms with Gasteiger partial charge in [-0.1, -0.05) is 25.3 Å². The molecule has 1 aromatic carbocycles. The van der Waals surface area contributed by atoms with Gasteiger partial charge >= 0.3 is 0 Å². The Morgan fingerprint density at radius 1 is 1.24 bits per heavy atom. The van der Waals surface area contributed by atoms with Gasteiger partial charge in [-0.3, -0.25) is 0 Å². The summed E-state index contributed by atoms with van der Waals surface area (Å²) >= 11 is 0. The highest BCUT2D eigenvalue weighted by atomic mass is 19.1. The van der Waals surface area contributed by atoms with Crippen molar-refractivity contribution in [2.75, 3.05) is 6.54 Å². The van der Waals surface area contributed by atoms with Gasteiger partial charge in [0.15, 0.2) is 0 Å². The number of nitrogens with two attached hydrogens (primary N) is 1. The van der Waals surface area contributed by atoms with Crippen LogP contribution in [0.25, 0.3) is 0 Å². The van der Waals surface area contributed by atoms with Crippen molar-refractivity contribution in [1.29, 1.82) is 0 Å². The van der Waals surface area contributed by atoms with Crippen molar-refractivity contribution in [3.63, 3.8) is 0 Å². The molecule has 0 amide bonds. The number of benzene rings is 1. The van der Waals surface area contributed by atoms with E-state index in [9.17, 15) is 9.50 Å². The van der Waals surface area contributed by atoms with Crippen LogP contribution >= 0.6 is 0 Å². The third-order valence-electron chi connectivity index (χ3n) is 3.99. The predicted octanol–water partition coefficient (Wildman–Crippen LogP) is 3.02. The van der Waals surface area contributed by atoms with E-state index in [1.165, 1.54) is 6.42 Å². The maximum absolute atomic E-state index is 12.7. The van der Waals surface area contributed by atoms with Crippen molar-refractivity contribution in [2.45, 2.75) is 44.2 Å². The lowest BCUT2D eigenvalue weighted by molar-refractivity contribution is 0.290. The summed E-state index contributed by atoms with van der Waals surface area (Å²) in [6, 6.07) is 5.01. The average Bonchev–Trinajstić information content (AvgIpc) is 2.40. The molecule has 0 aromatic heterocycles.